The number of benzene rings is 1. The Morgan fingerprint density at radius 1 is 1.22 bits per heavy atom. The van der Waals surface area contributed by atoms with Crippen LogP contribution in [0.25, 0.3) is 0 Å². The number of nitriles is 1. The molecule has 0 atom stereocenters. The van der Waals surface area contributed by atoms with Crippen molar-refractivity contribution in [3.63, 3.8) is 0 Å². The van der Waals surface area contributed by atoms with Crippen molar-refractivity contribution in [2.75, 3.05) is 17.3 Å². The predicted octanol–water partition coefficient (Wildman–Crippen LogP) is 2.92. The van der Waals surface area contributed by atoms with Crippen molar-refractivity contribution >= 4 is 17.7 Å². The lowest BCUT2D eigenvalue weighted by Crippen LogP contribution is -2.39. The lowest BCUT2D eigenvalue weighted by molar-refractivity contribution is 0.0867. The SMILES string of the molecule is COc1ccc(CNc2nc(N3Cc4cccnc4C3)ncc2C(=O)NC2CCC(O)CC2)cc1C#N. The molecular weight excluding hydrogens is 470 g/mol. The summed E-state index contributed by atoms with van der Waals surface area (Å²) in [6.07, 6.45) is 5.85. The number of aliphatic hydroxyl groups excluding tert-OH is 1. The summed E-state index contributed by atoms with van der Waals surface area (Å²) in [4.78, 5) is 29.0. The normalized spacial score (nSPS) is 18.6. The number of pyridine rings is 1. The van der Waals surface area contributed by atoms with Gasteiger partial charge in [0.2, 0.25) is 5.95 Å². The first-order valence-corrected chi connectivity index (χ1v) is 12.4. The van der Waals surface area contributed by atoms with Gasteiger partial charge in [-0.2, -0.15) is 10.2 Å². The number of carbonyl (C=O) groups excluding carboxylic acids is 1. The average Bonchev–Trinajstić information content (AvgIpc) is 3.37. The van der Waals surface area contributed by atoms with Gasteiger partial charge in [-0.05, 0) is 55.0 Å². The van der Waals surface area contributed by atoms with Crippen molar-refractivity contribution in [2.24, 2.45) is 0 Å². The fourth-order valence-electron chi connectivity index (χ4n) is 4.79. The van der Waals surface area contributed by atoms with Crippen LogP contribution in [0.4, 0.5) is 11.8 Å². The fraction of sp³-hybridized carbons (Fsp3) is 0.370. The van der Waals surface area contributed by atoms with E-state index in [4.69, 9.17) is 9.72 Å². The summed E-state index contributed by atoms with van der Waals surface area (Å²) < 4.78 is 5.24. The molecule has 5 rings (SSSR count). The first kappa shape index (κ1) is 24.5. The van der Waals surface area contributed by atoms with Gasteiger partial charge >= 0.3 is 0 Å². The van der Waals surface area contributed by atoms with Gasteiger partial charge in [0.15, 0.2) is 0 Å². The van der Waals surface area contributed by atoms with E-state index in [2.05, 4.69) is 26.7 Å². The minimum atomic E-state index is -0.296. The molecule has 0 bridgehead atoms. The zero-order chi connectivity index (χ0) is 25.8. The van der Waals surface area contributed by atoms with Gasteiger partial charge in [-0.1, -0.05) is 12.1 Å². The quantitative estimate of drug-likeness (QED) is 0.448. The molecule has 10 heteroatoms. The highest BCUT2D eigenvalue weighted by Gasteiger charge is 2.26. The molecule has 190 valence electrons. The molecule has 1 fully saturated rings. The Morgan fingerprint density at radius 3 is 2.81 bits per heavy atom. The molecule has 10 nitrogen and oxygen atoms in total. The van der Waals surface area contributed by atoms with Crippen molar-refractivity contribution in [3.8, 4) is 11.8 Å². The Morgan fingerprint density at radius 2 is 2.05 bits per heavy atom. The molecule has 2 aliphatic rings. The van der Waals surface area contributed by atoms with Crippen LogP contribution in [0.15, 0.2) is 42.7 Å². The van der Waals surface area contributed by atoms with Gasteiger partial charge in [0.1, 0.15) is 23.2 Å². The van der Waals surface area contributed by atoms with E-state index in [1.54, 1.807) is 24.5 Å². The van der Waals surface area contributed by atoms with Gasteiger partial charge in [0.25, 0.3) is 5.91 Å². The lowest BCUT2D eigenvalue weighted by Gasteiger charge is -2.26. The molecule has 1 aromatic carbocycles. The predicted molar refractivity (Wildman–Crippen MR) is 137 cm³/mol. The third kappa shape index (κ3) is 5.47. The van der Waals surface area contributed by atoms with Crippen LogP contribution in [0.1, 0.15) is 58.4 Å². The maximum Gasteiger partial charge on any atom is 0.256 e. The number of anilines is 2. The van der Waals surface area contributed by atoms with E-state index in [0.717, 1.165) is 29.7 Å². The van der Waals surface area contributed by atoms with Gasteiger partial charge in [0.05, 0.1) is 31.0 Å². The fourth-order valence-corrected chi connectivity index (χ4v) is 4.79. The second-order valence-corrected chi connectivity index (χ2v) is 9.38. The number of ether oxygens (including phenoxy) is 1. The van der Waals surface area contributed by atoms with E-state index in [1.165, 1.54) is 7.11 Å². The molecule has 1 saturated carbocycles. The Bertz CT molecular complexity index is 1310. The number of hydrogen-bond donors (Lipinski definition) is 3. The van der Waals surface area contributed by atoms with Gasteiger partial charge in [-0.3, -0.25) is 9.78 Å². The van der Waals surface area contributed by atoms with E-state index < -0.39 is 0 Å². The topological polar surface area (TPSA) is 136 Å². The first-order chi connectivity index (χ1) is 18.0. The van der Waals surface area contributed by atoms with Crippen LogP contribution >= 0.6 is 0 Å². The number of amides is 1. The zero-order valence-electron chi connectivity index (χ0n) is 20.6. The van der Waals surface area contributed by atoms with Crippen LogP contribution < -0.4 is 20.3 Å². The number of fused-ring (bicyclic) bond motifs is 1. The summed E-state index contributed by atoms with van der Waals surface area (Å²) in [6.45, 7) is 1.59. The number of carbonyl (C=O) groups is 1. The highest BCUT2D eigenvalue weighted by atomic mass is 16.5. The first-order valence-electron chi connectivity index (χ1n) is 12.4. The summed E-state index contributed by atoms with van der Waals surface area (Å²) >= 11 is 0. The van der Waals surface area contributed by atoms with E-state index in [1.807, 2.05) is 23.1 Å². The van der Waals surface area contributed by atoms with Gasteiger partial charge in [0, 0.05) is 31.5 Å². The summed E-state index contributed by atoms with van der Waals surface area (Å²) in [5.74, 6) is 1.17. The molecule has 3 aromatic rings. The Balaban J connectivity index is 1.38. The van der Waals surface area contributed by atoms with E-state index >= 15 is 0 Å². The molecular formula is C27H29N7O3. The molecule has 3 heterocycles. The second kappa shape index (κ2) is 10.8. The molecule has 0 saturated heterocycles. The highest BCUT2D eigenvalue weighted by molar-refractivity contribution is 5.98. The maximum absolute atomic E-state index is 13.2. The molecule has 1 aliphatic carbocycles. The van der Waals surface area contributed by atoms with Gasteiger partial charge < -0.3 is 25.4 Å². The summed E-state index contributed by atoms with van der Waals surface area (Å²) in [6, 6.07) is 11.5. The number of nitrogens with zero attached hydrogens (tertiary/aromatic N) is 5. The Labute approximate surface area is 215 Å². The van der Waals surface area contributed by atoms with Crippen molar-refractivity contribution in [1.29, 1.82) is 5.26 Å². The van der Waals surface area contributed by atoms with Crippen molar-refractivity contribution in [1.82, 2.24) is 20.3 Å². The average molecular weight is 500 g/mol. The number of nitrogens with one attached hydrogen (secondary N) is 2. The number of aromatic nitrogens is 3. The monoisotopic (exact) mass is 499 g/mol. The Kier molecular flexibility index (Phi) is 7.14. The maximum atomic E-state index is 13.2. The number of aliphatic hydroxyl groups is 1. The molecule has 1 amide bonds. The second-order valence-electron chi connectivity index (χ2n) is 9.38. The van der Waals surface area contributed by atoms with Crippen molar-refractivity contribution < 1.29 is 14.6 Å². The molecule has 2 aromatic heterocycles. The summed E-state index contributed by atoms with van der Waals surface area (Å²) in [5, 5.41) is 25.6. The third-order valence-electron chi connectivity index (χ3n) is 6.87. The number of hydrogen-bond acceptors (Lipinski definition) is 9. The van der Waals surface area contributed by atoms with Crippen LogP contribution in [0.2, 0.25) is 0 Å². The van der Waals surface area contributed by atoms with E-state index in [0.29, 0.717) is 61.1 Å². The lowest BCUT2D eigenvalue weighted by atomic mass is 9.93. The molecule has 0 spiro atoms. The zero-order valence-corrected chi connectivity index (χ0v) is 20.6. The minimum Gasteiger partial charge on any atom is -0.495 e. The van der Waals surface area contributed by atoms with Crippen LogP contribution in [0, 0.1) is 11.3 Å². The molecule has 0 radical (unpaired) electrons. The van der Waals surface area contributed by atoms with Crippen molar-refractivity contribution in [3.05, 3.63) is 70.7 Å². The van der Waals surface area contributed by atoms with Crippen molar-refractivity contribution in [2.45, 2.75) is 57.5 Å². The summed E-state index contributed by atoms with van der Waals surface area (Å²) in [7, 11) is 1.53. The van der Waals surface area contributed by atoms with Gasteiger partial charge in [-0.25, -0.2) is 4.98 Å². The van der Waals surface area contributed by atoms with Crippen LogP contribution in [0.3, 0.4) is 0 Å². The van der Waals surface area contributed by atoms with Crippen LogP contribution in [-0.2, 0) is 19.6 Å². The van der Waals surface area contributed by atoms with Crippen LogP contribution in [-0.4, -0.2) is 45.2 Å². The smallest absolute Gasteiger partial charge is 0.256 e. The van der Waals surface area contributed by atoms with E-state index in [9.17, 15) is 15.2 Å². The number of methoxy groups -OCH3 is 1. The standard InChI is InChI=1S/C27H29N7O3/c1-37-24-9-4-17(11-19(24)12-28)13-30-25-22(26(36)32-20-5-7-21(35)8-6-20)14-31-27(33-25)34-15-18-3-2-10-29-23(18)16-34/h2-4,9-11,14,20-21,35H,5-8,13,15-16H2,1H3,(H,32,36)(H,30,31,33). The third-order valence-corrected chi connectivity index (χ3v) is 6.87. The Hall–Kier alpha value is -4.23. The van der Waals surface area contributed by atoms with E-state index in [-0.39, 0.29) is 18.1 Å². The molecule has 3 N–H and O–H groups in total. The number of rotatable bonds is 7. The summed E-state index contributed by atoms with van der Waals surface area (Å²) in [5.41, 5.74) is 3.75. The van der Waals surface area contributed by atoms with Crippen LogP contribution in [0.5, 0.6) is 5.75 Å². The molecule has 1 aliphatic heterocycles. The minimum absolute atomic E-state index is 0.00218. The molecule has 0 unspecified atom stereocenters. The largest absolute Gasteiger partial charge is 0.495 e. The van der Waals surface area contributed by atoms with Gasteiger partial charge in [-0.15, -0.1) is 0 Å². The highest BCUT2D eigenvalue weighted by Crippen LogP contribution is 2.27. The molecule has 37 heavy (non-hydrogen) atoms.